The Balaban J connectivity index is 2.17. The molecule has 0 saturated carbocycles. The molecule has 2 aromatic rings. The summed E-state index contributed by atoms with van der Waals surface area (Å²) in [7, 11) is 1.56. The fraction of sp³-hybridized carbons (Fsp3) is 0.158. The second-order valence-corrected chi connectivity index (χ2v) is 4.92. The Hall–Kier alpha value is -3.44. The zero-order chi connectivity index (χ0) is 17.4. The molecule has 0 aliphatic rings. The molecule has 120 valence electrons. The summed E-state index contributed by atoms with van der Waals surface area (Å²) in [5.41, 5.74) is 2.62. The van der Waals surface area contributed by atoms with E-state index in [0.717, 1.165) is 5.56 Å². The lowest BCUT2D eigenvalue weighted by Crippen LogP contribution is -2.24. The molecule has 0 radical (unpaired) electrons. The number of amides is 1. The minimum atomic E-state index is -0.233. The van der Waals surface area contributed by atoms with Crippen molar-refractivity contribution < 1.29 is 9.53 Å². The van der Waals surface area contributed by atoms with Gasteiger partial charge in [0.05, 0.1) is 30.9 Å². The van der Waals surface area contributed by atoms with Gasteiger partial charge in [-0.15, -0.1) is 6.42 Å². The van der Waals surface area contributed by atoms with Crippen LogP contribution in [0.15, 0.2) is 42.5 Å². The van der Waals surface area contributed by atoms with Crippen molar-refractivity contribution in [1.29, 1.82) is 5.26 Å². The molecule has 0 aliphatic heterocycles. The van der Waals surface area contributed by atoms with Crippen LogP contribution >= 0.6 is 0 Å². The number of hydrogen-bond acceptors (Lipinski definition) is 4. The third-order valence-corrected chi connectivity index (χ3v) is 3.41. The van der Waals surface area contributed by atoms with Crippen LogP contribution in [0.4, 0.5) is 5.69 Å². The van der Waals surface area contributed by atoms with Crippen LogP contribution in [0, 0.1) is 23.7 Å². The highest BCUT2D eigenvalue weighted by molar-refractivity contribution is 5.99. The maximum Gasteiger partial charge on any atom is 0.254 e. The summed E-state index contributed by atoms with van der Waals surface area (Å²) in [5.74, 6) is 2.76. The summed E-state index contributed by atoms with van der Waals surface area (Å²) in [6, 6.07) is 14.5. The van der Waals surface area contributed by atoms with Crippen LogP contribution in [0.2, 0.25) is 0 Å². The number of nitrogens with zero attached hydrogens (tertiary/aromatic N) is 1. The number of anilines is 1. The molecule has 0 heterocycles. The SMILES string of the molecule is C#CCNC(=O)c1ccccc1NCc1ccc(C#N)cc1OC. The molecule has 0 spiro atoms. The van der Waals surface area contributed by atoms with Crippen LogP contribution in [-0.4, -0.2) is 19.6 Å². The first kappa shape index (κ1) is 16.9. The van der Waals surface area contributed by atoms with Crippen molar-refractivity contribution in [3.05, 3.63) is 59.2 Å². The molecule has 0 bridgehead atoms. The molecule has 0 unspecified atom stereocenters. The molecular formula is C19H17N3O2. The van der Waals surface area contributed by atoms with Gasteiger partial charge in [0, 0.05) is 17.8 Å². The molecule has 5 heteroatoms. The van der Waals surface area contributed by atoms with Gasteiger partial charge >= 0.3 is 0 Å². The van der Waals surface area contributed by atoms with E-state index in [1.807, 2.05) is 18.2 Å². The van der Waals surface area contributed by atoms with Crippen LogP contribution in [0.3, 0.4) is 0 Å². The molecule has 0 aromatic heterocycles. The van der Waals surface area contributed by atoms with Gasteiger partial charge in [0.25, 0.3) is 5.91 Å². The summed E-state index contributed by atoms with van der Waals surface area (Å²) in [6.07, 6.45) is 5.17. The van der Waals surface area contributed by atoms with Gasteiger partial charge in [0.1, 0.15) is 5.75 Å². The number of ether oxygens (including phenoxy) is 1. The Bertz CT molecular complexity index is 816. The van der Waals surface area contributed by atoms with Crippen LogP contribution in [0.25, 0.3) is 0 Å². The van der Waals surface area contributed by atoms with Crippen molar-refractivity contribution in [2.45, 2.75) is 6.54 Å². The van der Waals surface area contributed by atoms with Gasteiger partial charge in [-0.2, -0.15) is 5.26 Å². The number of nitriles is 1. The Morgan fingerprint density at radius 3 is 2.79 bits per heavy atom. The highest BCUT2D eigenvalue weighted by atomic mass is 16.5. The minimum absolute atomic E-state index is 0.177. The van der Waals surface area contributed by atoms with Crippen LogP contribution in [0.5, 0.6) is 5.75 Å². The first-order valence-corrected chi connectivity index (χ1v) is 7.31. The second kappa shape index (κ2) is 8.26. The van der Waals surface area contributed by atoms with Crippen molar-refractivity contribution in [3.8, 4) is 24.2 Å². The topological polar surface area (TPSA) is 74.2 Å². The Morgan fingerprint density at radius 2 is 2.08 bits per heavy atom. The number of para-hydroxylation sites is 1. The second-order valence-electron chi connectivity index (χ2n) is 4.92. The van der Waals surface area contributed by atoms with E-state index in [1.165, 1.54) is 0 Å². The Kier molecular flexibility index (Phi) is 5.82. The van der Waals surface area contributed by atoms with Gasteiger partial charge in [-0.1, -0.05) is 24.1 Å². The van der Waals surface area contributed by atoms with Crippen molar-refractivity contribution >= 4 is 11.6 Å². The normalized spacial score (nSPS) is 9.46. The molecule has 1 amide bonds. The quantitative estimate of drug-likeness (QED) is 0.803. The third-order valence-electron chi connectivity index (χ3n) is 3.41. The van der Waals surface area contributed by atoms with Crippen molar-refractivity contribution in [1.82, 2.24) is 5.32 Å². The summed E-state index contributed by atoms with van der Waals surface area (Å²) in [6.45, 7) is 0.630. The van der Waals surface area contributed by atoms with Crippen molar-refractivity contribution in [3.63, 3.8) is 0 Å². The number of carbonyl (C=O) groups excluding carboxylic acids is 1. The molecule has 0 saturated heterocycles. The predicted molar refractivity (Wildman–Crippen MR) is 92.6 cm³/mol. The molecule has 2 rings (SSSR count). The third kappa shape index (κ3) is 4.06. The predicted octanol–water partition coefficient (Wildman–Crippen LogP) is 2.54. The molecule has 0 atom stereocenters. The average Bonchev–Trinajstić information content (AvgIpc) is 2.64. The van der Waals surface area contributed by atoms with Gasteiger partial charge in [-0.05, 0) is 24.3 Å². The Morgan fingerprint density at radius 1 is 1.29 bits per heavy atom. The minimum Gasteiger partial charge on any atom is -0.496 e. The van der Waals surface area contributed by atoms with Crippen molar-refractivity contribution in [2.24, 2.45) is 0 Å². The molecule has 5 nitrogen and oxygen atoms in total. The van der Waals surface area contributed by atoms with Gasteiger partial charge in [-0.25, -0.2) is 0 Å². The first-order chi connectivity index (χ1) is 11.7. The summed E-state index contributed by atoms with van der Waals surface area (Å²) >= 11 is 0. The number of terminal acetylenes is 1. The molecule has 0 fully saturated rings. The number of hydrogen-bond donors (Lipinski definition) is 2. The molecule has 2 aromatic carbocycles. The largest absolute Gasteiger partial charge is 0.496 e. The maximum atomic E-state index is 12.1. The van der Waals surface area contributed by atoms with E-state index in [9.17, 15) is 4.79 Å². The first-order valence-electron chi connectivity index (χ1n) is 7.31. The number of carbonyl (C=O) groups is 1. The zero-order valence-corrected chi connectivity index (χ0v) is 13.3. The van der Waals surface area contributed by atoms with E-state index >= 15 is 0 Å². The Labute approximate surface area is 141 Å². The highest BCUT2D eigenvalue weighted by Crippen LogP contribution is 2.22. The smallest absolute Gasteiger partial charge is 0.254 e. The number of benzene rings is 2. The summed E-state index contributed by atoms with van der Waals surface area (Å²) in [5, 5.41) is 14.8. The molecular weight excluding hydrogens is 302 g/mol. The van der Waals surface area contributed by atoms with Crippen LogP contribution in [0.1, 0.15) is 21.5 Å². The molecule has 2 N–H and O–H groups in total. The van der Waals surface area contributed by atoms with E-state index in [2.05, 4.69) is 22.6 Å². The van der Waals surface area contributed by atoms with Gasteiger partial charge in [0.2, 0.25) is 0 Å². The van der Waals surface area contributed by atoms with E-state index in [1.54, 1.807) is 31.4 Å². The van der Waals surface area contributed by atoms with E-state index in [4.69, 9.17) is 16.4 Å². The number of methoxy groups -OCH3 is 1. The maximum absolute atomic E-state index is 12.1. The van der Waals surface area contributed by atoms with Gasteiger partial charge in [0.15, 0.2) is 0 Å². The number of rotatable bonds is 6. The lowest BCUT2D eigenvalue weighted by atomic mass is 10.1. The summed E-state index contributed by atoms with van der Waals surface area (Å²) in [4.78, 5) is 12.1. The van der Waals surface area contributed by atoms with Crippen LogP contribution < -0.4 is 15.4 Å². The fourth-order valence-electron chi connectivity index (χ4n) is 2.21. The monoisotopic (exact) mass is 319 g/mol. The zero-order valence-electron chi connectivity index (χ0n) is 13.3. The van der Waals surface area contributed by atoms with E-state index < -0.39 is 0 Å². The molecule has 24 heavy (non-hydrogen) atoms. The van der Waals surface area contributed by atoms with Crippen LogP contribution in [-0.2, 0) is 6.54 Å². The van der Waals surface area contributed by atoms with Gasteiger partial charge < -0.3 is 15.4 Å². The van der Waals surface area contributed by atoms with Gasteiger partial charge in [-0.3, -0.25) is 4.79 Å². The standard InChI is InChI=1S/C19H17N3O2/c1-3-10-21-19(23)16-6-4-5-7-17(16)22-13-15-9-8-14(12-20)11-18(15)24-2/h1,4-9,11,22H,10,13H2,2H3,(H,21,23). The summed E-state index contributed by atoms with van der Waals surface area (Å²) < 4.78 is 5.31. The number of nitrogens with one attached hydrogen (secondary N) is 2. The lowest BCUT2D eigenvalue weighted by molar-refractivity contribution is 0.0959. The van der Waals surface area contributed by atoms with E-state index in [-0.39, 0.29) is 12.5 Å². The average molecular weight is 319 g/mol. The van der Waals surface area contributed by atoms with E-state index in [0.29, 0.717) is 29.1 Å². The lowest BCUT2D eigenvalue weighted by Gasteiger charge is -2.13. The fourth-order valence-corrected chi connectivity index (χ4v) is 2.21. The highest BCUT2D eigenvalue weighted by Gasteiger charge is 2.11. The van der Waals surface area contributed by atoms with Crippen molar-refractivity contribution in [2.75, 3.05) is 19.0 Å². The molecule has 0 aliphatic carbocycles.